The zero-order valence-corrected chi connectivity index (χ0v) is 12.8. The number of ketones is 1. The molecule has 0 saturated carbocycles. The first-order valence-corrected chi connectivity index (χ1v) is 6.49. The molecule has 24 heavy (non-hydrogen) atoms. The summed E-state index contributed by atoms with van der Waals surface area (Å²) in [5.41, 5.74) is -2.96. The number of aliphatic hydroxyl groups excluding tert-OH is 1. The number of phenols is 2. The third-order valence-corrected chi connectivity index (χ3v) is 3.12. The van der Waals surface area contributed by atoms with Crippen molar-refractivity contribution in [2.24, 2.45) is 0 Å². The molecule has 2 atom stereocenters. The first-order valence-electron chi connectivity index (χ1n) is 6.49. The number of methoxy groups -OCH3 is 2. The highest BCUT2D eigenvalue weighted by Gasteiger charge is 2.54. The monoisotopic (exact) mass is 340 g/mol. The minimum absolute atomic E-state index is 0.235. The second-order valence-corrected chi connectivity index (χ2v) is 4.63. The Hall–Kier alpha value is -2.91. The Labute approximate surface area is 136 Å². The SMILES string of the molecule is COC(=O)C(O)C(O)(C(=O)/C=C/c1ccc(O)c(O)c1)C(=O)OC. The molecule has 2 unspecified atom stereocenters. The highest BCUT2D eigenvalue weighted by Crippen LogP contribution is 2.25. The standard InChI is InChI=1S/C15H16O9/c1-23-13(20)12(19)15(22,14(21)24-2)11(18)6-4-8-3-5-9(16)10(17)7-8/h3-7,12,16-17,19,22H,1-2H3/b6-4+. The minimum atomic E-state index is -3.20. The molecule has 9 heteroatoms. The fraction of sp³-hybridized carbons (Fsp3) is 0.267. The molecule has 0 radical (unpaired) electrons. The van der Waals surface area contributed by atoms with Crippen molar-refractivity contribution in [1.82, 2.24) is 0 Å². The van der Waals surface area contributed by atoms with Crippen LogP contribution in [0.5, 0.6) is 11.5 Å². The molecule has 4 N–H and O–H groups in total. The van der Waals surface area contributed by atoms with Crippen molar-refractivity contribution >= 4 is 23.8 Å². The van der Waals surface area contributed by atoms with Gasteiger partial charge in [-0.15, -0.1) is 0 Å². The molecule has 0 fully saturated rings. The number of ether oxygens (including phenoxy) is 2. The number of hydrogen-bond acceptors (Lipinski definition) is 9. The predicted octanol–water partition coefficient (Wildman–Crippen LogP) is -0.882. The lowest BCUT2D eigenvalue weighted by molar-refractivity contribution is -0.188. The molecule has 130 valence electrons. The van der Waals surface area contributed by atoms with Crippen molar-refractivity contribution in [1.29, 1.82) is 0 Å². The van der Waals surface area contributed by atoms with Crippen LogP contribution in [0.25, 0.3) is 6.08 Å². The van der Waals surface area contributed by atoms with Gasteiger partial charge in [-0.3, -0.25) is 4.79 Å². The second-order valence-electron chi connectivity index (χ2n) is 4.63. The van der Waals surface area contributed by atoms with E-state index in [9.17, 15) is 34.8 Å². The van der Waals surface area contributed by atoms with Crippen LogP contribution in [0, 0.1) is 0 Å². The van der Waals surface area contributed by atoms with Crippen molar-refractivity contribution in [2.45, 2.75) is 11.7 Å². The molecule has 0 aliphatic heterocycles. The van der Waals surface area contributed by atoms with Crippen LogP contribution < -0.4 is 0 Å². The van der Waals surface area contributed by atoms with E-state index in [0.29, 0.717) is 6.08 Å². The van der Waals surface area contributed by atoms with Crippen molar-refractivity contribution in [3.63, 3.8) is 0 Å². The topological polar surface area (TPSA) is 151 Å². The van der Waals surface area contributed by atoms with Crippen LogP contribution in [0.4, 0.5) is 0 Å². The fourth-order valence-electron chi connectivity index (χ4n) is 1.73. The molecule has 0 saturated heterocycles. The average Bonchev–Trinajstić information content (AvgIpc) is 2.59. The fourth-order valence-corrected chi connectivity index (χ4v) is 1.73. The molecule has 9 nitrogen and oxygen atoms in total. The molecule has 1 rings (SSSR count). The minimum Gasteiger partial charge on any atom is -0.504 e. The normalized spacial score (nSPS) is 14.7. The van der Waals surface area contributed by atoms with E-state index in [1.54, 1.807) is 0 Å². The summed E-state index contributed by atoms with van der Waals surface area (Å²) >= 11 is 0. The zero-order chi connectivity index (χ0) is 18.5. The van der Waals surface area contributed by atoms with Crippen molar-refractivity contribution < 1.29 is 44.3 Å². The summed E-state index contributed by atoms with van der Waals surface area (Å²) in [5, 5.41) is 38.5. The quantitative estimate of drug-likeness (QED) is 0.224. The number of aromatic hydroxyl groups is 2. The van der Waals surface area contributed by atoms with Gasteiger partial charge in [-0.25, -0.2) is 9.59 Å². The lowest BCUT2D eigenvalue weighted by atomic mass is 9.90. The number of rotatable bonds is 6. The molecule has 0 aliphatic carbocycles. The molecule has 0 amide bonds. The highest BCUT2D eigenvalue weighted by atomic mass is 16.6. The van der Waals surface area contributed by atoms with Crippen LogP contribution in [-0.2, 0) is 23.9 Å². The van der Waals surface area contributed by atoms with E-state index >= 15 is 0 Å². The van der Waals surface area contributed by atoms with E-state index in [1.165, 1.54) is 6.07 Å². The van der Waals surface area contributed by atoms with Crippen LogP contribution >= 0.6 is 0 Å². The summed E-state index contributed by atoms with van der Waals surface area (Å²) in [6, 6.07) is 3.58. The van der Waals surface area contributed by atoms with Gasteiger partial charge in [0.1, 0.15) is 0 Å². The van der Waals surface area contributed by atoms with Crippen molar-refractivity contribution in [3.8, 4) is 11.5 Å². The number of carbonyl (C=O) groups excluding carboxylic acids is 3. The number of aliphatic hydroxyl groups is 2. The summed E-state index contributed by atoms with van der Waals surface area (Å²) < 4.78 is 8.46. The van der Waals surface area contributed by atoms with Crippen LogP contribution in [0.2, 0.25) is 0 Å². The van der Waals surface area contributed by atoms with Gasteiger partial charge in [0.2, 0.25) is 5.78 Å². The van der Waals surface area contributed by atoms with E-state index in [4.69, 9.17) is 0 Å². The van der Waals surface area contributed by atoms with E-state index in [1.807, 2.05) is 0 Å². The number of phenolic OH excluding ortho intramolecular Hbond substituents is 2. The van der Waals surface area contributed by atoms with Gasteiger partial charge in [-0.05, 0) is 23.8 Å². The van der Waals surface area contributed by atoms with Gasteiger partial charge in [0.15, 0.2) is 17.6 Å². The smallest absolute Gasteiger partial charge is 0.349 e. The lowest BCUT2D eigenvalue weighted by Gasteiger charge is -2.25. The van der Waals surface area contributed by atoms with E-state index in [0.717, 1.165) is 32.4 Å². The maximum atomic E-state index is 12.1. The number of benzene rings is 1. The van der Waals surface area contributed by atoms with E-state index in [2.05, 4.69) is 9.47 Å². The Bertz CT molecular complexity index is 680. The molecule has 1 aromatic rings. The van der Waals surface area contributed by atoms with E-state index < -0.39 is 35.2 Å². The number of hydrogen-bond donors (Lipinski definition) is 4. The Kier molecular flexibility index (Phi) is 6.04. The molecule has 0 spiro atoms. The predicted molar refractivity (Wildman–Crippen MR) is 78.8 cm³/mol. The summed E-state index contributed by atoms with van der Waals surface area (Å²) in [5.74, 6) is -5.15. The number of esters is 2. The molecule has 0 heterocycles. The molecular formula is C15H16O9. The van der Waals surface area contributed by atoms with Crippen LogP contribution in [0.1, 0.15) is 5.56 Å². The summed E-state index contributed by atoms with van der Waals surface area (Å²) in [7, 11) is 1.75. The van der Waals surface area contributed by atoms with Gasteiger partial charge >= 0.3 is 11.9 Å². The average molecular weight is 340 g/mol. The van der Waals surface area contributed by atoms with Gasteiger partial charge in [-0.2, -0.15) is 0 Å². The molecule has 0 bridgehead atoms. The summed E-state index contributed by atoms with van der Waals surface area (Å²) in [4.78, 5) is 35.2. The van der Waals surface area contributed by atoms with Crippen LogP contribution in [0.3, 0.4) is 0 Å². The maximum Gasteiger partial charge on any atom is 0.349 e. The molecule has 0 aromatic heterocycles. The van der Waals surface area contributed by atoms with Gasteiger partial charge in [-0.1, -0.05) is 12.1 Å². The Morgan fingerprint density at radius 3 is 2.25 bits per heavy atom. The van der Waals surface area contributed by atoms with Gasteiger partial charge in [0.25, 0.3) is 5.60 Å². The Morgan fingerprint density at radius 2 is 1.75 bits per heavy atom. The molecular weight excluding hydrogens is 324 g/mol. The first-order chi connectivity index (χ1) is 11.2. The van der Waals surface area contributed by atoms with Crippen LogP contribution in [0.15, 0.2) is 24.3 Å². The van der Waals surface area contributed by atoms with Gasteiger partial charge in [0, 0.05) is 0 Å². The van der Waals surface area contributed by atoms with Gasteiger partial charge in [0.05, 0.1) is 14.2 Å². The number of carbonyl (C=O) groups is 3. The van der Waals surface area contributed by atoms with Crippen molar-refractivity contribution in [3.05, 3.63) is 29.8 Å². The van der Waals surface area contributed by atoms with E-state index in [-0.39, 0.29) is 11.3 Å². The first kappa shape index (κ1) is 19.1. The Balaban J connectivity index is 3.17. The second kappa shape index (κ2) is 7.57. The maximum absolute atomic E-state index is 12.1. The highest BCUT2D eigenvalue weighted by molar-refractivity contribution is 6.16. The van der Waals surface area contributed by atoms with Crippen LogP contribution in [-0.4, -0.2) is 64.1 Å². The Morgan fingerprint density at radius 1 is 1.12 bits per heavy atom. The summed E-state index contributed by atoms with van der Waals surface area (Å²) in [6.45, 7) is 0. The third-order valence-electron chi connectivity index (χ3n) is 3.12. The zero-order valence-electron chi connectivity index (χ0n) is 12.8. The third kappa shape index (κ3) is 3.70. The van der Waals surface area contributed by atoms with Gasteiger partial charge < -0.3 is 29.9 Å². The lowest BCUT2D eigenvalue weighted by Crippen LogP contribution is -2.59. The largest absolute Gasteiger partial charge is 0.504 e. The molecule has 1 aromatic carbocycles. The molecule has 0 aliphatic rings. The summed E-state index contributed by atoms with van der Waals surface area (Å²) in [6.07, 6.45) is -0.714. The van der Waals surface area contributed by atoms with Crippen molar-refractivity contribution in [2.75, 3.05) is 14.2 Å².